The summed E-state index contributed by atoms with van der Waals surface area (Å²) in [5.41, 5.74) is 0.462. The van der Waals surface area contributed by atoms with Gasteiger partial charge in [0.2, 0.25) is 5.91 Å². The summed E-state index contributed by atoms with van der Waals surface area (Å²) in [7, 11) is 0. The number of nitro benzene ring substituents is 1. The topological polar surface area (TPSA) is 85.4 Å². The van der Waals surface area contributed by atoms with Crippen LogP contribution >= 0.6 is 0 Å². The molecule has 0 radical (unpaired) electrons. The van der Waals surface area contributed by atoms with Crippen LogP contribution in [0.3, 0.4) is 0 Å². The molecule has 2 aromatic rings. The second-order valence-electron chi connectivity index (χ2n) is 3.64. The zero-order valence-corrected chi connectivity index (χ0v) is 9.78. The van der Waals surface area contributed by atoms with E-state index in [1.165, 1.54) is 42.7 Å². The number of benzene rings is 1. The molecule has 2 rings (SSSR count). The third-order valence-corrected chi connectivity index (χ3v) is 2.29. The van der Waals surface area contributed by atoms with E-state index in [0.29, 0.717) is 11.4 Å². The van der Waals surface area contributed by atoms with E-state index in [1.807, 2.05) is 0 Å². The Morgan fingerprint density at radius 3 is 2.58 bits per heavy atom. The van der Waals surface area contributed by atoms with Crippen molar-refractivity contribution in [2.45, 2.75) is 0 Å². The third kappa shape index (κ3) is 3.53. The second-order valence-corrected chi connectivity index (χ2v) is 3.64. The van der Waals surface area contributed by atoms with Crippen LogP contribution in [0.25, 0.3) is 6.08 Å². The van der Waals surface area contributed by atoms with Gasteiger partial charge in [0.15, 0.2) is 0 Å². The standard InChI is InChI=1S/C13H10N2O4/c16-13(8-7-12-2-1-9-19-12)14-10-3-5-11(6-4-10)15(17)18/h1-9H,(H,14,16). The van der Waals surface area contributed by atoms with Gasteiger partial charge in [-0.05, 0) is 30.3 Å². The van der Waals surface area contributed by atoms with Gasteiger partial charge in [-0.15, -0.1) is 0 Å². The van der Waals surface area contributed by atoms with E-state index in [0.717, 1.165) is 0 Å². The van der Waals surface area contributed by atoms with Crippen molar-refractivity contribution in [3.63, 3.8) is 0 Å². The molecule has 0 fully saturated rings. The van der Waals surface area contributed by atoms with Crippen LogP contribution in [0.2, 0.25) is 0 Å². The zero-order valence-electron chi connectivity index (χ0n) is 9.78. The summed E-state index contributed by atoms with van der Waals surface area (Å²) in [5.74, 6) is 0.226. The maximum absolute atomic E-state index is 11.6. The molecule has 0 aliphatic heterocycles. The largest absolute Gasteiger partial charge is 0.465 e. The smallest absolute Gasteiger partial charge is 0.269 e. The third-order valence-electron chi connectivity index (χ3n) is 2.29. The molecule has 1 aromatic carbocycles. The van der Waals surface area contributed by atoms with Crippen LogP contribution in [0.5, 0.6) is 0 Å². The highest BCUT2D eigenvalue weighted by Gasteiger charge is 2.04. The van der Waals surface area contributed by atoms with E-state index >= 15 is 0 Å². The fraction of sp³-hybridized carbons (Fsp3) is 0. The van der Waals surface area contributed by atoms with E-state index in [9.17, 15) is 14.9 Å². The molecule has 1 aromatic heterocycles. The van der Waals surface area contributed by atoms with Crippen LogP contribution in [0.15, 0.2) is 53.2 Å². The first kappa shape index (κ1) is 12.6. The van der Waals surface area contributed by atoms with Crippen molar-refractivity contribution in [2.24, 2.45) is 0 Å². The lowest BCUT2D eigenvalue weighted by atomic mass is 10.3. The van der Waals surface area contributed by atoms with E-state index in [4.69, 9.17) is 4.42 Å². The van der Waals surface area contributed by atoms with Crippen molar-refractivity contribution in [3.8, 4) is 0 Å². The number of nitrogens with zero attached hydrogens (tertiary/aromatic N) is 1. The summed E-state index contributed by atoms with van der Waals surface area (Å²) in [4.78, 5) is 21.5. The fourth-order valence-electron chi connectivity index (χ4n) is 1.39. The van der Waals surface area contributed by atoms with Gasteiger partial charge in [0.05, 0.1) is 11.2 Å². The molecule has 0 aliphatic rings. The molecule has 0 bridgehead atoms. The number of nitro groups is 1. The van der Waals surface area contributed by atoms with Crippen molar-refractivity contribution in [3.05, 3.63) is 64.6 Å². The minimum absolute atomic E-state index is 0.0240. The van der Waals surface area contributed by atoms with Crippen LogP contribution in [-0.2, 0) is 4.79 Å². The Bertz CT molecular complexity index is 600. The molecule has 1 amide bonds. The lowest BCUT2D eigenvalue weighted by Crippen LogP contribution is -2.07. The number of carbonyl (C=O) groups is 1. The number of amides is 1. The molecule has 0 unspecified atom stereocenters. The zero-order chi connectivity index (χ0) is 13.7. The van der Waals surface area contributed by atoms with Crippen LogP contribution in [0.4, 0.5) is 11.4 Å². The molecule has 96 valence electrons. The first-order valence-corrected chi connectivity index (χ1v) is 5.42. The van der Waals surface area contributed by atoms with Gasteiger partial charge in [0.25, 0.3) is 5.69 Å². The highest BCUT2D eigenvalue weighted by atomic mass is 16.6. The number of nitrogens with one attached hydrogen (secondary N) is 1. The van der Waals surface area contributed by atoms with Gasteiger partial charge in [0, 0.05) is 23.9 Å². The molecule has 0 saturated carbocycles. The summed E-state index contributed by atoms with van der Waals surface area (Å²) in [6.07, 6.45) is 4.36. The fourth-order valence-corrected chi connectivity index (χ4v) is 1.39. The quantitative estimate of drug-likeness (QED) is 0.519. The van der Waals surface area contributed by atoms with Gasteiger partial charge in [-0.2, -0.15) is 0 Å². The number of rotatable bonds is 4. The molecule has 19 heavy (non-hydrogen) atoms. The Morgan fingerprint density at radius 1 is 1.26 bits per heavy atom. The average molecular weight is 258 g/mol. The minimum atomic E-state index is -0.498. The molecule has 0 atom stereocenters. The number of anilines is 1. The summed E-state index contributed by atoms with van der Waals surface area (Å²) < 4.78 is 5.03. The summed E-state index contributed by atoms with van der Waals surface area (Å²) in [6.45, 7) is 0. The molecule has 6 nitrogen and oxygen atoms in total. The minimum Gasteiger partial charge on any atom is -0.465 e. The first-order valence-electron chi connectivity index (χ1n) is 5.42. The molecule has 0 saturated heterocycles. The lowest BCUT2D eigenvalue weighted by molar-refractivity contribution is -0.384. The highest BCUT2D eigenvalue weighted by molar-refractivity contribution is 6.01. The number of carbonyl (C=O) groups excluding carboxylic acids is 1. The van der Waals surface area contributed by atoms with Crippen molar-refractivity contribution < 1.29 is 14.1 Å². The maximum atomic E-state index is 11.6. The lowest BCUT2D eigenvalue weighted by Gasteiger charge is -2.00. The van der Waals surface area contributed by atoms with E-state index < -0.39 is 4.92 Å². The number of hydrogen-bond acceptors (Lipinski definition) is 4. The van der Waals surface area contributed by atoms with E-state index in [2.05, 4.69) is 5.32 Å². The molecule has 0 spiro atoms. The van der Waals surface area contributed by atoms with Gasteiger partial charge in [-0.1, -0.05) is 0 Å². The summed E-state index contributed by atoms with van der Waals surface area (Å²) in [5, 5.41) is 13.0. The Labute approximate surface area is 108 Å². The Balaban J connectivity index is 1.97. The Morgan fingerprint density at radius 2 is 2.00 bits per heavy atom. The number of non-ortho nitro benzene ring substituents is 1. The van der Waals surface area contributed by atoms with E-state index in [1.54, 1.807) is 12.1 Å². The average Bonchev–Trinajstić information content (AvgIpc) is 2.90. The van der Waals surface area contributed by atoms with Crippen molar-refractivity contribution in [1.82, 2.24) is 0 Å². The molecular formula is C13H10N2O4. The van der Waals surface area contributed by atoms with Crippen LogP contribution in [-0.4, -0.2) is 10.8 Å². The molecular weight excluding hydrogens is 248 g/mol. The summed E-state index contributed by atoms with van der Waals surface area (Å²) >= 11 is 0. The molecule has 6 heteroatoms. The van der Waals surface area contributed by atoms with Gasteiger partial charge in [-0.25, -0.2) is 0 Å². The van der Waals surface area contributed by atoms with Gasteiger partial charge >= 0.3 is 0 Å². The monoisotopic (exact) mass is 258 g/mol. The molecule has 1 heterocycles. The predicted molar refractivity (Wildman–Crippen MR) is 69.5 cm³/mol. The Kier molecular flexibility index (Phi) is 3.72. The Hall–Kier alpha value is -2.89. The SMILES string of the molecule is O=C(C=Cc1ccco1)Nc1ccc([N+](=O)[O-])cc1. The van der Waals surface area contributed by atoms with Crippen LogP contribution < -0.4 is 5.32 Å². The van der Waals surface area contributed by atoms with Gasteiger partial charge < -0.3 is 9.73 Å². The normalized spacial score (nSPS) is 10.5. The van der Waals surface area contributed by atoms with Crippen LogP contribution in [0.1, 0.15) is 5.76 Å². The van der Waals surface area contributed by atoms with Crippen molar-refractivity contribution in [2.75, 3.05) is 5.32 Å². The predicted octanol–water partition coefficient (Wildman–Crippen LogP) is 2.84. The highest BCUT2D eigenvalue weighted by Crippen LogP contribution is 2.15. The summed E-state index contributed by atoms with van der Waals surface area (Å²) in [6, 6.07) is 9.02. The van der Waals surface area contributed by atoms with Crippen molar-refractivity contribution >= 4 is 23.4 Å². The first-order chi connectivity index (χ1) is 9.15. The van der Waals surface area contributed by atoms with Gasteiger partial charge in [0.1, 0.15) is 5.76 Å². The number of hydrogen-bond donors (Lipinski definition) is 1. The van der Waals surface area contributed by atoms with Crippen LogP contribution in [0, 0.1) is 10.1 Å². The number of furan rings is 1. The molecule has 0 aliphatic carbocycles. The maximum Gasteiger partial charge on any atom is 0.269 e. The second kappa shape index (κ2) is 5.63. The van der Waals surface area contributed by atoms with Gasteiger partial charge in [-0.3, -0.25) is 14.9 Å². The van der Waals surface area contributed by atoms with Crippen molar-refractivity contribution in [1.29, 1.82) is 0 Å². The molecule has 1 N–H and O–H groups in total. The van der Waals surface area contributed by atoms with E-state index in [-0.39, 0.29) is 11.6 Å².